The molecule has 128 valence electrons. The van der Waals surface area contributed by atoms with Crippen molar-refractivity contribution in [2.75, 3.05) is 0 Å². The number of para-hydroxylation sites is 1. The Morgan fingerprint density at radius 2 is 1.72 bits per heavy atom. The summed E-state index contributed by atoms with van der Waals surface area (Å²) in [5.74, 6) is 0. The second-order valence-electron chi connectivity index (χ2n) is 5.83. The zero-order valence-electron chi connectivity index (χ0n) is 13.7. The van der Waals surface area contributed by atoms with Crippen LogP contribution in [0.5, 0.6) is 0 Å². The maximum absolute atomic E-state index is 13.1. The van der Waals surface area contributed by atoms with E-state index >= 15 is 0 Å². The Balaban J connectivity index is 1.98. The minimum Gasteiger partial charge on any atom is -0.255 e. The van der Waals surface area contributed by atoms with Crippen molar-refractivity contribution in [2.45, 2.75) is 26.1 Å². The number of halogens is 3. The topological polar surface area (TPSA) is 37.6 Å². The third-order valence-corrected chi connectivity index (χ3v) is 3.95. The van der Waals surface area contributed by atoms with Gasteiger partial charge in [0.15, 0.2) is 0 Å². The number of fused-ring (bicyclic) bond motifs is 1. The van der Waals surface area contributed by atoms with E-state index < -0.39 is 11.7 Å². The Hall–Kier alpha value is -2.76. The predicted octanol–water partition coefficient (Wildman–Crippen LogP) is 6.41. The Bertz CT molecular complexity index is 915. The maximum Gasteiger partial charge on any atom is 0.418 e. The minimum absolute atomic E-state index is 0.116. The standard InChI is InChI=1S/C19H16F3N3/c1-12-6-8-14(9-7-12)13(2)24-25-17-10-11-23-18-15(17)4-3-5-16(18)19(20,21)22/h3-11,13H,1-2H3. The van der Waals surface area contributed by atoms with E-state index in [1.807, 2.05) is 38.1 Å². The Labute approximate surface area is 143 Å². The van der Waals surface area contributed by atoms with Crippen LogP contribution in [0.2, 0.25) is 0 Å². The van der Waals surface area contributed by atoms with Crippen LogP contribution in [-0.2, 0) is 6.18 Å². The molecule has 3 rings (SSSR count). The lowest BCUT2D eigenvalue weighted by Crippen LogP contribution is -2.06. The summed E-state index contributed by atoms with van der Waals surface area (Å²) in [4.78, 5) is 3.88. The molecule has 3 nitrogen and oxygen atoms in total. The summed E-state index contributed by atoms with van der Waals surface area (Å²) in [5.41, 5.74) is 1.62. The normalized spacial score (nSPS) is 13.5. The number of nitrogens with zero attached hydrogens (tertiary/aromatic N) is 3. The molecule has 1 atom stereocenters. The van der Waals surface area contributed by atoms with E-state index in [-0.39, 0.29) is 11.6 Å². The summed E-state index contributed by atoms with van der Waals surface area (Å²) in [5, 5.41) is 8.76. The monoisotopic (exact) mass is 343 g/mol. The van der Waals surface area contributed by atoms with E-state index in [2.05, 4.69) is 15.2 Å². The molecule has 0 fully saturated rings. The van der Waals surface area contributed by atoms with E-state index in [9.17, 15) is 13.2 Å². The summed E-state index contributed by atoms with van der Waals surface area (Å²) in [7, 11) is 0. The first kappa shape index (κ1) is 17.1. The lowest BCUT2D eigenvalue weighted by molar-refractivity contribution is -0.136. The first-order valence-corrected chi connectivity index (χ1v) is 7.78. The molecule has 0 aliphatic heterocycles. The number of benzene rings is 2. The van der Waals surface area contributed by atoms with Crippen molar-refractivity contribution in [1.29, 1.82) is 0 Å². The molecular weight excluding hydrogens is 327 g/mol. The highest BCUT2D eigenvalue weighted by molar-refractivity contribution is 5.91. The van der Waals surface area contributed by atoms with Gasteiger partial charge in [-0.05, 0) is 31.5 Å². The van der Waals surface area contributed by atoms with Gasteiger partial charge in [-0.25, -0.2) is 0 Å². The second-order valence-corrected chi connectivity index (χ2v) is 5.83. The van der Waals surface area contributed by atoms with Gasteiger partial charge in [-0.3, -0.25) is 4.98 Å². The van der Waals surface area contributed by atoms with Gasteiger partial charge in [-0.2, -0.15) is 23.4 Å². The predicted molar refractivity (Wildman–Crippen MR) is 90.9 cm³/mol. The van der Waals surface area contributed by atoms with Gasteiger partial charge in [0.2, 0.25) is 0 Å². The molecule has 25 heavy (non-hydrogen) atoms. The van der Waals surface area contributed by atoms with Crippen LogP contribution >= 0.6 is 0 Å². The van der Waals surface area contributed by atoms with Crippen molar-refractivity contribution in [1.82, 2.24) is 4.98 Å². The quantitative estimate of drug-likeness (QED) is 0.507. The third-order valence-electron chi connectivity index (χ3n) is 3.95. The summed E-state index contributed by atoms with van der Waals surface area (Å²) in [6.07, 6.45) is -3.14. The van der Waals surface area contributed by atoms with Gasteiger partial charge in [-0.1, -0.05) is 42.0 Å². The number of aromatic nitrogens is 1. The van der Waals surface area contributed by atoms with Crippen molar-refractivity contribution in [3.8, 4) is 0 Å². The van der Waals surface area contributed by atoms with Gasteiger partial charge >= 0.3 is 6.18 Å². The summed E-state index contributed by atoms with van der Waals surface area (Å²) in [6.45, 7) is 3.88. The van der Waals surface area contributed by atoms with Crippen LogP contribution in [0.3, 0.4) is 0 Å². The molecule has 0 aliphatic carbocycles. The van der Waals surface area contributed by atoms with Gasteiger partial charge in [0.1, 0.15) is 0 Å². The second kappa shape index (κ2) is 6.63. The van der Waals surface area contributed by atoms with Crippen molar-refractivity contribution in [3.63, 3.8) is 0 Å². The number of azo groups is 1. The molecule has 0 spiro atoms. The lowest BCUT2D eigenvalue weighted by atomic mass is 10.1. The number of aryl methyl sites for hydroxylation is 1. The van der Waals surface area contributed by atoms with Gasteiger partial charge < -0.3 is 0 Å². The molecule has 0 saturated carbocycles. The average Bonchev–Trinajstić information content (AvgIpc) is 2.59. The summed E-state index contributed by atoms with van der Waals surface area (Å²) in [6, 6.07) is 13.2. The molecule has 0 aliphatic rings. The van der Waals surface area contributed by atoms with E-state index in [4.69, 9.17) is 0 Å². The van der Waals surface area contributed by atoms with E-state index in [1.165, 1.54) is 12.3 Å². The lowest BCUT2D eigenvalue weighted by Gasteiger charge is -2.10. The smallest absolute Gasteiger partial charge is 0.255 e. The number of pyridine rings is 1. The van der Waals surface area contributed by atoms with Gasteiger partial charge in [0.25, 0.3) is 0 Å². The first-order chi connectivity index (χ1) is 11.9. The van der Waals surface area contributed by atoms with Crippen molar-refractivity contribution < 1.29 is 13.2 Å². The summed E-state index contributed by atoms with van der Waals surface area (Å²) < 4.78 is 39.4. The fourth-order valence-electron chi connectivity index (χ4n) is 2.54. The zero-order valence-corrected chi connectivity index (χ0v) is 13.7. The van der Waals surface area contributed by atoms with Gasteiger partial charge in [0.05, 0.1) is 22.8 Å². The zero-order chi connectivity index (χ0) is 18.0. The third kappa shape index (κ3) is 3.68. The molecule has 1 unspecified atom stereocenters. The molecule has 0 amide bonds. The highest BCUT2D eigenvalue weighted by atomic mass is 19.4. The number of hydrogen-bond donors (Lipinski definition) is 0. The minimum atomic E-state index is -4.46. The van der Waals surface area contributed by atoms with E-state index in [1.54, 1.807) is 12.1 Å². The molecule has 3 aromatic rings. The number of alkyl halides is 3. The molecule has 6 heteroatoms. The van der Waals surface area contributed by atoms with Crippen molar-refractivity contribution >= 4 is 16.6 Å². The van der Waals surface area contributed by atoms with Gasteiger partial charge in [-0.15, -0.1) is 0 Å². The average molecular weight is 343 g/mol. The molecule has 0 bridgehead atoms. The van der Waals surface area contributed by atoms with Crippen LogP contribution in [0.25, 0.3) is 10.9 Å². The highest BCUT2D eigenvalue weighted by Gasteiger charge is 2.33. The van der Waals surface area contributed by atoms with Crippen molar-refractivity contribution in [3.05, 3.63) is 71.4 Å². The number of hydrogen-bond acceptors (Lipinski definition) is 3. The molecule has 1 heterocycles. The fourth-order valence-corrected chi connectivity index (χ4v) is 2.54. The Morgan fingerprint density at radius 1 is 1.00 bits per heavy atom. The van der Waals surface area contributed by atoms with Crippen molar-refractivity contribution in [2.24, 2.45) is 10.2 Å². The first-order valence-electron chi connectivity index (χ1n) is 7.78. The molecule has 0 radical (unpaired) electrons. The number of rotatable bonds is 3. The van der Waals surface area contributed by atoms with E-state index in [0.717, 1.165) is 17.2 Å². The Morgan fingerprint density at radius 3 is 2.40 bits per heavy atom. The SMILES string of the molecule is Cc1ccc(C(C)N=Nc2ccnc3c(C(F)(F)F)cccc23)cc1. The molecule has 2 aromatic carbocycles. The highest BCUT2D eigenvalue weighted by Crippen LogP contribution is 2.36. The molecular formula is C19H16F3N3. The van der Waals surface area contributed by atoms with Crippen LogP contribution in [0.1, 0.15) is 29.7 Å². The van der Waals surface area contributed by atoms with E-state index in [0.29, 0.717) is 11.1 Å². The van der Waals surface area contributed by atoms with Crippen LogP contribution in [-0.4, -0.2) is 4.98 Å². The molecule has 0 saturated heterocycles. The fraction of sp³-hybridized carbons (Fsp3) is 0.211. The van der Waals surface area contributed by atoms with Crippen LogP contribution in [0.4, 0.5) is 18.9 Å². The van der Waals surface area contributed by atoms with Crippen LogP contribution < -0.4 is 0 Å². The summed E-state index contributed by atoms with van der Waals surface area (Å²) >= 11 is 0. The molecule has 1 aromatic heterocycles. The maximum atomic E-state index is 13.1. The largest absolute Gasteiger partial charge is 0.418 e. The van der Waals surface area contributed by atoms with Gasteiger partial charge in [0, 0.05) is 11.6 Å². The Kier molecular flexibility index (Phi) is 4.53. The van der Waals surface area contributed by atoms with Crippen LogP contribution in [0, 0.1) is 6.92 Å². The molecule has 0 N–H and O–H groups in total. The van der Waals surface area contributed by atoms with Crippen LogP contribution in [0.15, 0.2) is 65.0 Å².